The standard InChI is InChI=1S/C5HClF4N2/c6-5(9,10)2-1-3(7)12-4(8)11-2/h1H. The Morgan fingerprint density at radius 2 is 1.83 bits per heavy atom. The molecule has 0 saturated heterocycles. The Kier molecular flexibility index (Phi) is 2.18. The van der Waals surface area contributed by atoms with E-state index < -0.39 is 23.1 Å². The molecule has 66 valence electrons. The van der Waals surface area contributed by atoms with E-state index in [-0.39, 0.29) is 6.07 Å². The fourth-order valence-electron chi connectivity index (χ4n) is 0.535. The summed E-state index contributed by atoms with van der Waals surface area (Å²) < 4.78 is 48.6. The van der Waals surface area contributed by atoms with Crippen LogP contribution in [0.15, 0.2) is 6.07 Å². The van der Waals surface area contributed by atoms with Gasteiger partial charge in [-0.2, -0.15) is 27.5 Å². The highest BCUT2D eigenvalue weighted by atomic mass is 35.5. The van der Waals surface area contributed by atoms with Crippen molar-refractivity contribution in [3.05, 3.63) is 23.8 Å². The van der Waals surface area contributed by atoms with Gasteiger partial charge in [0.1, 0.15) is 5.69 Å². The van der Waals surface area contributed by atoms with Crippen LogP contribution in [0.25, 0.3) is 0 Å². The van der Waals surface area contributed by atoms with Crippen LogP contribution >= 0.6 is 11.6 Å². The summed E-state index contributed by atoms with van der Waals surface area (Å²) >= 11 is 4.45. The number of hydrogen-bond donors (Lipinski definition) is 0. The summed E-state index contributed by atoms with van der Waals surface area (Å²) in [5.74, 6) is -1.39. The Hall–Kier alpha value is -0.910. The van der Waals surface area contributed by atoms with Crippen LogP contribution < -0.4 is 0 Å². The molecule has 0 aliphatic rings. The number of alkyl halides is 3. The van der Waals surface area contributed by atoms with Gasteiger partial charge in [-0.15, -0.1) is 0 Å². The highest BCUT2D eigenvalue weighted by Crippen LogP contribution is 2.30. The van der Waals surface area contributed by atoms with Crippen LogP contribution in [0.1, 0.15) is 5.69 Å². The predicted octanol–water partition coefficient (Wildman–Crippen LogP) is 2.04. The largest absolute Gasteiger partial charge is 0.365 e. The van der Waals surface area contributed by atoms with Crippen LogP contribution in [0.4, 0.5) is 17.6 Å². The van der Waals surface area contributed by atoms with Crippen molar-refractivity contribution in [1.82, 2.24) is 9.97 Å². The first-order chi connectivity index (χ1) is 5.39. The third-order valence-electron chi connectivity index (χ3n) is 0.958. The summed E-state index contributed by atoms with van der Waals surface area (Å²) in [6.07, 6.45) is -1.58. The Morgan fingerprint density at radius 1 is 1.25 bits per heavy atom. The number of hydrogen-bond acceptors (Lipinski definition) is 2. The van der Waals surface area contributed by atoms with Crippen molar-refractivity contribution in [2.75, 3.05) is 0 Å². The molecule has 0 spiro atoms. The van der Waals surface area contributed by atoms with Gasteiger partial charge < -0.3 is 0 Å². The zero-order valence-electron chi connectivity index (χ0n) is 5.36. The molecular weight excluding hydrogens is 200 g/mol. The van der Waals surface area contributed by atoms with Crippen molar-refractivity contribution < 1.29 is 17.6 Å². The molecule has 2 nitrogen and oxygen atoms in total. The zero-order valence-corrected chi connectivity index (χ0v) is 6.12. The van der Waals surface area contributed by atoms with Crippen LogP contribution in [0, 0.1) is 12.0 Å². The molecule has 0 aromatic carbocycles. The summed E-state index contributed by atoms with van der Waals surface area (Å²) in [5, 5.41) is -3.88. The second kappa shape index (κ2) is 2.85. The molecule has 0 unspecified atom stereocenters. The highest BCUT2D eigenvalue weighted by Gasteiger charge is 2.31. The van der Waals surface area contributed by atoms with E-state index in [9.17, 15) is 17.6 Å². The Labute approximate surface area is 69.2 Å². The quantitative estimate of drug-likeness (QED) is 0.300. The molecule has 0 fully saturated rings. The number of aromatic nitrogens is 2. The predicted molar refractivity (Wildman–Crippen MR) is 31.7 cm³/mol. The fraction of sp³-hybridized carbons (Fsp3) is 0.200. The third kappa shape index (κ3) is 2.04. The Bertz CT molecular complexity index is 278. The van der Waals surface area contributed by atoms with Gasteiger partial charge in [0, 0.05) is 6.07 Å². The first-order valence-electron chi connectivity index (χ1n) is 2.67. The summed E-state index contributed by atoms with van der Waals surface area (Å²) in [4.78, 5) is 5.12. The van der Waals surface area contributed by atoms with E-state index >= 15 is 0 Å². The molecule has 0 amide bonds. The van der Waals surface area contributed by atoms with Gasteiger partial charge >= 0.3 is 11.5 Å². The smallest absolute Gasteiger partial charge is 0.199 e. The van der Waals surface area contributed by atoms with Gasteiger partial charge in [0.25, 0.3) is 0 Å². The van der Waals surface area contributed by atoms with E-state index in [0.29, 0.717) is 0 Å². The van der Waals surface area contributed by atoms with Crippen molar-refractivity contribution in [3.8, 4) is 0 Å². The van der Waals surface area contributed by atoms with Gasteiger partial charge in [-0.1, -0.05) is 0 Å². The Balaban J connectivity index is 3.18. The fourth-order valence-corrected chi connectivity index (χ4v) is 0.632. The van der Waals surface area contributed by atoms with Gasteiger partial charge in [0.2, 0.25) is 5.95 Å². The summed E-state index contributed by atoms with van der Waals surface area (Å²) in [5.41, 5.74) is -1.20. The van der Waals surface area contributed by atoms with Gasteiger partial charge in [0.15, 0.2) is 0 Å². The lowest BCUT2D eigenvalue weighted by Gasteiger charge is -2.05. The minimum Gasteiger partial charge on any atom is -0.199 e. The molecule has 1 heterocycles. The zero-order chi connectivity index (χ0) is 9.35. The van der Waals surface area contributed by atoms with Gasteiger partial charge in [-0.05, 0) is 11.6 Å². The molecular formula is C5HClF4N2. The minimum absolute atomic E-state index is 0.260. The molecule has 0 aliphatic heterocycles. The van der Waals surface area contributed by atoms with Gasteiger partial charge in [0.05, 0.1) is 0 Å². The first kappa shape index (κ1) is 9.18. The van der Waals surface area contributed by atoms with E-state index in [0.717, 1.165) is 0 Å². The molecule has 1 rings (SSSR count). The van der Waals surface area contributed by atoms with E-state index in [4.69, 9.17) is 0 Å². The third-order valence-corrected chi connectivity index (χ3v) is 1.15. The maximum Gasteiger partial charge on any atom is 0.365 e. The van der Waals surface area contributed by atoms with Crippen LogP contribution in [-0.2, 0) is 5.38 Å². The topological polar surface area (TPSA) is 25.8 Å². The van der Waals surface area contributed by atoms with E-state index in [2.05, 4.69) is 21.6 Å². The van der Waals surface area contributed by atoms with E-state index in [1.165, 1.54) is 0 Å². The van der Waals surface area contributed by atoms with Crippen molar-refractivity contribution in [1.29, 1.82) is 0 Å². The SMILES string of the molecule is Fc1cc(C(F)(F)Cl)nc(F)n1. The van der Waals surface area contributed by atoms with E-state index in [1.807, 2.05) is 0 Å². The van der Waals surface area contributed by atoms with Crippen molar-refractivity contribution in [3.63, 3.8) is 0 Å². The number of rotatable bonds is 1. The summed E-state index contributed by atoms with van der Waals surface area (Å²) in [6.45, 7) is 0. The molecule has 12 heavy (non-hydrogen) atoms. The van der Waals surface area contributed by atoms with Crippen molar-refractivity contribution in [2.45, 2.75) is 5.38 Å². The van der Waals surface area contributed by atoms with Gasteiger partial charge in [-0.3, -0.25) is 0 Å². The number of halogens is 5. The number of nitrogens with zero attached hydrogens (tertiary/aromatic N) is 2. The minimum atomic E-state index is -3.88. The molecule has 7 heteroatoms. The molecule has 0 atom stereocenters. The Morgan fingerprint density at radius 3 is 2.25 bits per heavy atom. The molecule has 0 N–H and O–H groups in total. The molecule has 1 aromatic heterocycles. The van der Waals surface area contributed by atoms with Crippen LogP contribution in [0.5, 0.6) is 0 Å². The van der Waals surface area contributed by atoms with Gasteiger partial charge in [-0.25, -0.2) is 0 Å². The average Bonchev–Trinajstić information content (AvgIpc) is 1.82. The summed E-state index contributed by atoms with van der Waals surface area (Å²) in [7, 11) is 0. The van der Waals surface area contributed by atoms with Crippen molar-refractivity contribution >= 4 is 11.6 Å². The lowest BCUT2D eigenvalue weighted by Crippen LogP contribution is -2.09. The normalized spacial score (nSPS) is 11.8. The van der Waals surface area contributed by atoms with Crippen LogP contribution in [0.2, 0.25) is 0 Å². The van der Waals surface area contributed by atoms with Crippen LogP contribution in [0.3, 0.4) is 0 Å². The second-order valence-electron chi connectivity index (χ2n) is 1.84. The van der Waals surface area contributed by atoms with Crippen molar-refractivity contribution in [2.24, 2.45) is 0 Å². The lowest BCUT2D eigenvalue weighted by molar-refractivity contribution is 0.0877. The maximum atomic E-state index is 12.2. The second-order valence-corrected chi connectivity index (χ2v) is 2.32. The molecule has 0 radical (unpaired) electrons. The molecule has 1 aromatic rings. The maximum absolute atomic E-state index is 12.2. The monoisotopic (exact) mass is 200 g/mol. The summed E-state index contributed by atoms with van der Waals surface area (Å²) in [6, 6.07) is 0.260. The first-order valence-corrected chi connectivity index (χ1v) is 3.04. The average molecular weight is 201 g/mol. The molecule has 0 saturated carbocycles. The lowest BCUT2D eigenvalue weighted by atomic mass is 10.4. The highest BCUT2D eigenvalue weighted by molar-refractivity contribution is 6.21. The van der Waals surface area contributed by atoms with E-state index in [1.54, 1.807) is 0 Å². The molecule has 0 aliphatic carbocycles. The van der Waals surface area contributed by atoms with Crippen LogP contribution in [-0.4, -0.2) is 9.97 Å². The molecule has 0 bridgehead atoms.